The molecule has 3 nitrogen and oxygen atoms in total. The highest BCUT2D eigenvalue weighted by Gasteiger charge is 2.44. The van der Waals surface area contributed by atoms with E-state index in [0.717, 1.165) is 19.2 Å². The number of carbonyl (C=O) groups excluding carboxylic acids is 1. The smallest absolute Gasteiger partial charge is 0.381 e. The Labute approximate surface area is 78.9 Å². The highest BCUT2D eigenvalue weighted by atomic mass is 19.3. The lowest BCUT2D eigenvalue weighted by atomic mass is 10.1. The van der Waals surface area contributed by atoms with Gasteiger partial charge in [-0.25, -0.2) is 4.79 Å². The Morgan fingerprint density at radius 1 is 1.43 bits per heavy atom. The molecule has 0 amide bonds. The monoisotopic (exact) mass is 202 g/mol. The average molecular weight is 202 g/mol. The van der Waals surface area contributed by atoms with Gasteiger partial charge in [0.15, 0.2) is 0 Å². The molecule has 1 aromatic rings. The van der Waals surface area contributed by atoms with Gasteiger partial charge in [-0.2, -0.15) is 8.78 Å². The number of methoxy groups -OCH3 is 1. The summed E-state index contributed by atoms with van der Waals surface area (Å²) in [7, 11) is 0.857. The van der Waals surface area contributed by atoms with Gasteiger partial charge in [0.1, 0.15) is 5.75 Å². The lowest BCUT2D eigenvalue weighted by Gasteiger charge is -2.14. The minimum absolute atomic E-state index is 0.636. The summed E-state index contributed by atoms with van der Waals surface area (Å²) in [5, 5.41) is 9.10. The first kappa shape index (κ1) is 10.4. The molecule has 0 bridgehead atoms. The third-order valence-corrected chi connectivity index (χ3v) is 1.68. The van der Waals surface area contributed by atoms with E-state index in [2.05, 4.69) is 4.74 Å². The number of ether oxygens (including phenoxy) is 1. The molecule has 0 aromatic heterocycles. The zero-order valence-corrected chi connectivity index (χ0v) is 7.33. The molecular formula is C9H8F2O3. The Bertz CT molecular complexity index is 350. The van der Waals surface area contributed by atoms with Gasteiger partial charge in [-0.05, 0) is 12.1 Å². The van der Waals surface area contributed by atoms with Crippen molar-refractivity contribution >= 4 is 5.97 Å². The summed E-state index contributed by atoms with van der Waals surface area (Å²) in [5.41, 5.74) is -0.758. The van der Waals surface area contributed by atoms with Crippen molar-refractivity contribution in [2.45, 2.75) is 5.92 Å². The van der Waals surface area contributed by atoms with Crippen LogP contribution in [0.4, 0.5) is 8.78 Å². The second kappa shape index (κ2) is 3.61. The van der Waals surface area contributed by atoms with E-state index in [4.69, 9.17) is 5.11 Å². The predicted octanol–water partition coefficient (Wildman–Crippen LogP) is 1.66. The molecule has 0 spiro atoms. The van der Waals surface area contributed by atoms with Gasteiger partial charge in [0, 0.05) is 0 Å². The van der Waals surface area contributed by atoms with Gasteiger partial charge in [-0.3, -0.25) is 0 Å². The van der Waals surface area contributed by atoms with E-state index in [-0.39, 0.29) is 0 Å². The summed E-state index contributed by atoms with van der Waals surface area (Å²) in [5.74, 6) is -6.15. The molecule has 0 saturated carbocycles. The lowest BCUT2D eigenvalue weighted by Crippen LogP contribution is -2.27. The summed E-state index contributed by atoms with van der Waals surface area (Å²) in [6, 6.07) is 4.72. The van der Waals surface area contributed by atoms with Crippen LogP contribution < -0.4 is 0 Å². The van der Waals surface area contributed by atoms with E-state index < -0.39 is 23.2 Å². The third kappa shape index (κ3) is 1.66. The van der Waals surface area contributed by atoms with Gasteiger partial charge in [0.25, 0.3) is 0 Å². The van der Waals surface area contributed by atoms with Crippen LogP contribution in [0.3, 0.4) is 0 Å². The maximum absolute atomic E-state index is 13.2. The Kier molecular flexibility index (Phi) is 2.69. The summed E-state index contributed by atoms with van der Waals surface area (Å²) in [6.07, 6.45) is 0. The molecular weight excluding hydrogens is 194 g/mol. The Morgan fingerprint density at radius 3 is 2.50 bits per heavy atom. The van der Waals surface area contributed by atoms with Crippen LogP contribution in [0, 0.1) is 0 Å². The van der Waals surface area contributed by atoms with Crippen LogP contribution in [0.5, 0.6) is 5.75 Å². The molecule has 1 N–H and O–H groups in total. The van der Waals surface area contributed by atoms with Crippen LogP contribution in [0.1, 0.15) is 5.56 Å². The minimum atomic E-state index is -3.82. The second-order valence-corrected chi connectivity index (χ2v) is 2.58. The van der Waals surface area contributed by atoms with Crippen LogP contribution in [-0.2, 0) is 15.5 Å². The first-order chi connectivity index (χ1) is 6.50. The molecule has 0 heterocycles. The van der Waals surface area contributed by atoms with Gasteiger partial charge in [-0.1, -0.05) is 12.1 Å². The fraction of sp³-hybridized carbons (Fsp3) is 0.222. The van der Waals surface area contributed by atoms with E-state index in [9.17, 15) is 13.6 Å². The van der Waals surface area contributed by atoms with Gasteiger partial charge >= 0.3 is 11.9 Å². The van der Waals surface area contributed by atoms with E-state index in [1.807, 2.05) is 0 Å². The standard InChI is InChI=1S/C9H8F2O3/c1-14-8(13)9(10,11)6-4-2-3-5-7(6)12/h2-5,12H,1H3. The Balaban J connectivity index is 3.16. The number of phenolic OH excluding ortho intramolecular Hbond substituents is 1. The SMILES string of the molecule is COC(=O)C(F)(F)c1ccccc1O. The molecule has 76 valence electrons. The predicted molar refractivity (Wildman–Crippen MR) is 44.0 cm³/mol. The number of benzene rings is 1. The zero-order valence-electron chi connectivity index (χ0n) is 7.33. The van der Waals surface area contributed by atoms with Crippen molar-refractivity contribution in [1.82, 2.24) is 0 Å². The van der Waals surface area contributed by atoms with Crippen LogP contribution in [0.15, 0.2) is 24.3 Å². The van der Waals surface area contributed by atoms with Crippen molar-refractivity contribution in [2.24, 2.45) is 0 Å². The Hall–Kier alpha value is -1.65. The molecule has 0 radical (unpaired) electrons. The average Bonchev–Trinajstić information content (AvgIpc) is 2.17. The number of halogens is 2. The van der Waals surface area contributed by atoms with Gasteiger partial charge in [0.2, 0.25) is 0 Å². The van der Waals surface area contributed by atoms with Crippen molar-refractivity contribution in [1.29, 1.82) is 0 Å². The summed E-state index contributed by atoms with van der Waals surface area (Å²) in [6.45, 7) is 0. The van der Waals surface area contributed by atoms with E-state index in [1.54, 1.807) is 0 Å². The van der Waals surface area contributed by atoms with Crippen molar-refractivity contribution in [2.75, 3.05) is 7.11 Å². The molecule has 0 aliphatic carbocycles. The fourth-order valence-electron chi connectivity index (χ4n) is 0.977. The van der Waals surface area contributed by atoms with Crippen LogP contribution in [0.2, 0.25) is 0 Å². The van der Waals surface area contributed by atoms with Gasteiger partial charge < -0.3 is 9.84 Å². The highest BCUT2D eigenvalue weighted by Crippen LogP contribution is 2.34. The number of alkyl halides is 2. The number of phenols is 1. The van der Waals surface area contributed by atoms with Crippen LogP contribution in [0.25, 0.3) is 0 Å². The molecule has 1 aromatic carbocycles. The van der Waals surface area contributed by atoms with E-state index >= 15 is 0 Å². The molecule has 0 saturated heterocycles. The minimum Gasteiger partial charge on any atom is -0.507 e. The first-order valence-corrected chi connectivity index (χ1v) is 3.75. The quantitative estimate of drug-likeness (QED) is 0.742. The summed E-state index contributed by atoms with van der Waals surface area (Å²) < 4.78 is 30.3. The number of carbonyl (C=O) groups is 1. The van der Waals surface area contributed by atoms with Crippen molar-refractivity contribution < 1.29 is 23.4 Å². The maximum Gasteiger partial charge on any atom is 0.381 e. The molecule has 0 aliphatic rings. The number of hydrogen-bond donors (Lipinski definition) is 1. The molecule has 1 rings (SSSR count). The number of esters is 1. The summed E-state index contributed by atoms with van der Waals surface area (Å²) in [4.78, 5) is 10.7. The molecule has 0 fully saturated rings. The number of para-hydroxylation sites is 1. The van der Waals surface area contributed by atoms with Crippen molar-refractivity contribution in [3.63, 3.8) is 0 Å². The maximum atomic E-state index is 13.2. The van der Waals surface area contributed by atoms with Gasteiger partial charge in [0.05, 0.1) is 12.7 Å². The second-order valence-electron chi connectivity index (χ2n) is 2.58. The van der Waals surface area contributed by atoms with Crippen LogP contribution in [-0.4, -0.2) is 18.2 Å². The van der Waals surface area contributed by atoms with Crippen molar-refractivity contribution in [3.8, 4) is 5.75 Å². The van der Waals surface area contributed by atoms with Crippen molar-refractivity contribution in [3.05, 3.63) is 29.8 Å². The third-order valence-electron chi connectivity index (χ3n) is 1.68. The lowest BCUT2D eigenvalue weighted by molar-refractivity contribution is -0.170. The normalized spacial score (nSPS) is 11.1. The van der Waals surface area contributed by atoms with E-state index in [1.165, 1.54) is 12.1 Å². The molecule has 14 heavy (non-hydrogen) atoms. The first-order valence-electron chi connectivity index (χ1n) is 3.75. The van der Waals surface area contributed by atoms with E-state index in [0.29, 0.717) is 0 Å². The largest absolute Gasteiger partial charge is 0.507 e. The molecule has 0 aliphatic heterocycles. The molecule has 0 atom stereocenters. The van der Waals surface area contributed by atoms with Gasteiger partial charge in [-0.15, -0.1) is 0 Å². The number of aromatic hydroxyl groups is 1. The topological polar surface area (TPSA) is 46.5 Å². The highest BCUT2D eigenvalue weighted by molar-refractivity contribution is 5.80. The van der Waals surface area contributed by atoms with Crippen LogP contribution >= 0.6 is 0 Å². The fourth-order valence-corrected chi connectivity index (χ4v) is 0.977. The Morgan fingerprint density at radius 2 is 2.00 bits per heavy atom. The number of hydrogen-bond acceptors (Lipinski definition) is 3. The molecule has 0 unspecified atom stereocenters. The summed E-state index contributed by atoms with van der Waals surface area (Å²) >= 11 is 0. The molecule has 5 heteroatoms. The zero-order chi connectivity index (χ0) is 10.8. The number of rotatable bonds is 2.